The molecular formula is C20H21N5O4S. The van der Waals surface area contributed by atoms with Gasteiger partial charge >= 0.3 is 0 Å². The van der Waals surface area contributed by atoms with Crippen LogP contribution in [-0.4, -0.2) is 46.6 Å². The minimum Gasteiger partial charge on any atom is -0.497 e. The minimum absolute atomic E-state index is 0.0669. The van der Waals surface area contributed by atoms with E-state index in [-0.39, 0.29) is 11.7 Å². The molecule has 10 heteroatoms. The Bertz CT molecular complexity index is 1020. The largest absolute Gasteiger partial charge is 0.497 e. The molecule has 0 unspecified atom stereocenters. The number of thioether (sulfide) groups is 1. The van der Waals surface area contributed by atoms with Gasteiger partial charge in [-0.25, -0.2) is 0 Å². The van der Waals surface area contributed by atoms with Gasteiger partial charge < -0.3 is 14.0 Å². The number of benzene rings is 2. The van der Waals surface area contributed by atoms with Crippen LogP contribution in [0.4, 0.5) is 0 Å². The summed E-state index contributed by atoms with van der Waals surface area (Å²) in [5, 5.41) is 8.90. The fourth-order valence-electron chi connectivity index (χ4n) is 2.54. The van der Waals surface area contributed by atoms with Crippen LogP contribution in [0.1, 0.15) is 10.4 Å². The molecule has 0 spiro atoms. The van der Waals surface area contributed by atoms with Crippen molar-refractivity contribution in [1.29, 1.82) is 0 Å². The summed E-state index contributed by atoms with van der Waals surface area (Å²) in [7, 11) is 4.98. The predicted octanol–water partition coefficient (Wildman–Crippen LogP) is 2.05. The second kappa shape index (κ2) is 9.79. The molecule has 30 heavy (non-hydrogen) atoms. The molecule has 0 aliphatic carbocycles. The lowest BCUT2D eigenvalue weighted by Gasteiger charge is -2.08. The lowest BCUT2D eigenvalue weighted by atomic mass is 10.2. The van der Waals surface area contributed by atoms with E-state index in [1.807, 2.05) is 31.3 Å². The maximum absolute atomic E-state index is 12.1. The topological polar surface area (TPSA) is 107 Å². The highest BCUT2D eigenvalue weighted by atomic mass is 32.2. The van der Waals surface area contributed by atoms with E-state index in [1.54, 1.807) is 43.1 Å². The van der Waals surface area contributed by atoms with Gasteiger partial charge in [0, 0.05) is 18.2 Å². The summed E-state index contributed by atoms with van der Waals surface area (Å²) in [5.74, 6) is 1.35. The number of rotatable bonds is 7. The molecule has 0 radical (unpaired) electrons. The summed E-state index contributed by atoms with van der Waals surface area (Å²) in [4.78, 5) is 24.1. The third kappa shape index (κ3) is 5.09. The smallest absolute Gasteiger partial charge is 0.269 e. The van der Waals surface area contributed by atoms with Crippen molar-refractivity contribution in [2.75, 3.05) is 20.0 Å². The molecule has 0 saturated heterocycles. The Labute approximate surface area is 177 Å². The number of carbonyl (C=O) groups is 2. The number of carbonyl (C=O) groups excluding carboxylic acids is 2. The van der Waals surface area contributed by atoms with E-state index in [1.165, 1.54) is 11.8 Å². The second-order valence-electron chi connectivity index (χ2n) is 6.11. The maximum Gasteiger partial charge on any atom is 0.269 e. The molecule has 9 nitrogen and oxygen atoms in total. The van der Waals surface area contributed by atoms with Gasteiger partial charge in [-0.05, 0) is 48.5 Å². The van der Waals surface area contributed by atoms with Crippen molar-refractivity contribution in [3.05, 3.63) is 54.1 Å². The van der Waals surface area contributed by atoms with Crippen molar-refractivity contribution in [3.8, 4) is 22.9 Å². The van der Waals surface area contributed by atoms with Crippen LogP contribution in [0.3, 0.4) is 0 Å². The lowest BCUT2D eigenvalue weighted by molar-refractivity contribution is -0.119. The van der Waals surface area contributed by atoms with Crippen LogP contribution in [0.15, 0.2) is 53.7 Å². The normalized spacial score (nSPS) is 10.4. The Balaban J connectivity index is 1.52. The molecule has 0 atom stereocenters. The summed E-state index contributed by atoms with van der Waals surface area (Å²) >= 11 is 1.22. The molecule has 0 aliphatic rings. The number of hydrogen-bond acceptors (Lipinski definition) is 7. The maximum atomic E-state index is 12.1. The molecule has 0 fully saturated rings. The van der Waals surface area contributed by atoms with Crippen LogP contribution >= 0.6 is 11.8 Å². The summed E-state index contributed by atoms with van der Waals surface area (Å²) in [6, 6.07) is 14.0. The highest BCUT2D eigenvalue weighted by Gasteiger charge is 2.14. The zero-order valence-electron chi connectivity index (χ0n) is 16.7. The van der Waals surface area contributed by atoms with Crippen LogP contribution in [0.25, 0.3) is 11.4 Å². The Hall–Kier alpha value is -3.53. The van der Waals surface area contributed by atoms with Crippen molar-refractivity contribution in [2.45, 2.75) is 5.16 Å². The Morgan fingerprint density at radius 1 is 0.933 bits per heavy atom. The molecule has 1 aromatic heterocycles. The van der Waals surface area contributed by atoms with Gasteiger partial charge in [-0.2, -0.15) is 0 Å². The number of methoxy groups -OCH3 is 2. The number of amides is 2. The van der Waals surface area contributed by atoms with Crippen LogP contribution in [0.2, 0.25) is 0 Å². The van der Waals surface area contributed by atoms with Crippen molar-refractivity contribution in [3.63, 3.8) is 0 Å². The molecule has 2 amide bonds. The highest BCUT2D eigenvalue weighted by molar-refractivity contribution is 7.99. The number of hydrazine groups is 1. The third-order valence-electron chi connectivity index (χ3n) is 4.18. The van der Waals surface area contributed by atoms with E-state index < -0.39 is 5.91 Å². The van der Waals surface area contributed by atoms with Gasteiger partial charge in [-0.3, -0.25) is 20.4 Å². The highest BCUT2D eigenvalue weighted by Crippen LogP contribution is 2.24. The first kappa shape index (κ1) is 21.2. The third-order valence-corrected chi connectivity index (χ3v) is 5.20. The average Bonchev–Trinajstić information content (AvgIpc) is 3.16. The molecule has 156 valence electrons. The Morgan fingerprint density at radius 3 is 2.13 bits per heavy atom. The summed E-state index contributed by atoms with van der Waals surface area (Å²) in [6.07, 6.45) is 0. The zero-order chi connectivity index (χ0) is 21.5. The molecule has 0 aliphatic heterocycles. The Kier molecular flexibility index (Phi) is 6.91. The van der Waals surface area contributed by atoms with Crippen molar-refractivity contribution >= 4 is 23.6 Å². The first-order valence-electron chi connectivity index (χ1n) is 8.91. The predicted molar refractivity (Wildman–Crippen MR) is 112 cm³/mol. The zero-order valence-corrected chi connectivity index (χ0v) is 17.5. The molecule has 2 aromatic carbocycles. The Morgan fingerprint density at radius 2 is 1.53 bits per heavy atom. The molecule has 0 bridgehead atoms. The second-order valence-corrected chi connectivity index (χ2v) is 7.06. The number of hydrogen-bond donors (Lipinski definition) is 2. The molecule has 2 N–H and O–H groups in total. The van der Waals surface area contributed by atoms with Crippen molar-refractivity contribution in [2.24, 2.45) is 7.05 Å². The van der Waals surface area contributed by atoms with Crippen molar-refractivity contribution < 1.29 is 19.1 Å². The molecule has 1 heterocycles. The molecule has 3 aromatic rings. The SMILES string of the molecule is COc1ccc(C(=O)NNC(=O)CSc2nnc(-c3ccc(OC)cc3)n2C)cc1. The first-order valence-corrected chi connectivity index (χ1v) is 9.90. The van der Waals surface area contributed by atoms with E-state index in [4.69, 9.17) is 9.47 Å². The number of nitrogens with one attached hydrogen (secondary N) is 2. The van der Waals surface area contributed by atoms with E-state index in [9.17, 15) is 9.59 Å². The van der Waals surface area contributed by atoms with E-state index in [2.05, 4.69) is 21.0 Å². The summed E-state index contributed by atoms with van der Waals surface area (Å²) < 4.78 is 12.0. The van der Waals surface area contributed by atoms with Gasteiger partial charge in [0.15, 0.2) is 11.0 Å². The number of nitrogens with zero attached hydrogens (tertiary/aromatic N) is 3. The van der Waals surface area contributed by atoms with Gasteiger partial charge in [-0.15, -0.1) is 10.2 Å². The van der Waals surface area contributed by atoms with Gasteiger partial charge in [0.2, 0.25) is 5.91 Å². The van der Waals surface area contributed by atoms with E-state index in [0.717, 1.165) is 11.3 Å². The van der Waals surface area contributed by atoms with Gasteiger partial charge in [0.1, 0.15) is 11.5 Å². The number of ether oxygens (including phenoxy) is 2. The monoisotopic (exact) mass is 427 g/mol. The van der Waals surface area contributed by atoms with Crippen LogP contribution in [0.5, 0.6) is 11.5 Å². The van der Waals surface area contributed by atoms with Crippen LogP contribution in [-0.2, 0) is 11.8 Å². The summed E-state index contributed by atoms with van der Waals surface area (Å²) in [5.41, 5.74) is 6.06. The fourth-order valence-corrected chi connectivity index (χ4v) is 3.25. The number of aromatic nitrogens is 3. The van der Waals surface area contributed by atoms with Gasteiger partial charge in [0.05, 0.1) is 20.0 Å². The van der Waals surface area contributed by atoms with Crippen LogP contribution < -0.4 is 20.3 Å². The summed E-state index contributed by atoms with van der Waals surface area (Å²) in [6.45, 7) is 0. The quantitative estimate of drug-likeness (QED) is 0.439. The van der Waals surface area contributed by atoms with Crippen molar-refractivity contribution in [1.82, 2.24) is 25.6 Å². The standard InChI is InChI=1S/C20H21N5O4S/c1-25-18(13-4-8-15(28-2)9-5-13)22-24-20(25)30-12-17(26)21-23-19(27)14-6-10-16(29-3)11-7-14/h4-11H,12H2,1-3H3,(H,21,26)(H,23,27). The molecule has 0 saturated carbocycles. The molecule has 3 rings (SSSR count). The van der Waals surface area contributed by atoms with E-state index in [0.29, 0.717) is 22.3 Å². The molecular weight excluding hydrogens is 406 g/mol. The first-order chi connectivity index (χ1) is 14.5. The van der Waals surface area contributed by atoms with Crippen LogP contribution in [0, 0.1) is 0 Å². The average molecular weight is 427 g/mol. The fraction of sp³-hybridized carbons (Fsp3) is 0.200. The van der Waals surface area contributed by atoms with Gasteiger partial charge in [0.25, 0.3) is 5.91 Å². The lowest BCUT2D eigenvalue weighted by Crippen LogP contribution is -2.42. The van der Waals surface area contributed by atoms with Gasteiger partial charge in [-0.1, -0.05) is 11.8 Å². The van der Waals surface area contributed by atoms with E-state index >= 15 is 0 Å². The minimum atomic E-state index is -0.420.